The summed E-state index contributed by atoms with van der Waals surface area (Å²) in [6.45, 7) is 4.17. The lowest BCUT2D eigenvalue weighted by atomic mass is 9.95. The summed E-state index contributed by atoms with van der Waals surface area (Å²) in [6.07, 6.45) is 0.344. The quantitative estimate of drug-likeness (QED) is 0.820. The molecule has 2 rings (SSSR count). The van der Waals surface area contributed by atoms with Crippen LogP contribution in [-0.4, -0.2) is 5.91 Å². The highest BCUT2D eigenvalue weighted by Crippen LogP contribution is 2.23. The molecule has 0 spiro atoms. The van der Waals surface area contributed by atoms with E-state index >= 15 is 0 Å². The third-order valence-electron chi connectivity index (χ3n) is 3.56. The lowest BCUT2D eigenvalue weighted by Gasteiger charge is -2.23. The number of nitrogens with one attached hydrogen (secondary N) is 1. The van der Waals surface area contributed by atoms with Gasteiger partial charge in [0.25, 0.3) is 0 Å². The fourth-order valence-electron chi connectivity index (χ4n) is 2.35. The molecule has 3 N–H and O–H groups in total. The van der Waals surface area contributed by atoms with Gasteiger partial charge in [0.15, 0.2) is 0 Å². The number of rotatable bonds is 5. The van der Waals surface area contributed by atoms with E-state index < -0.39 is 0 Å². The van der Waals surface area contributed by atoms with Gasteiger partial charge in [0.1, 0.15) is 0 Å². The Kier molecular flexibility index (Phi) is 5.45. The van der Waals surface area contributed by atoms with Gasteiger partial charge >= 0.3 is 0 Å². The van der Waals surface area contributed by atoms with Gasteiger partial charge in [-0.15, -0.1) is 0 Å². The summed E-state index contributed by atoms with van der Waals surface area (Å²) >= 11 is 5.92. The summed E-state index contributed by atoms with van der Waals surface area (Å²) in [5.74, 6) is 0.287. The average Bonchev–Trinajstić information content (AvgIpc) is 2.48. The molecule has 0 aliphatic carbocycles. The third-order valence-corrected chi connectivity index (χ3v) is 3.81. The number of hydrogen-bond donors (Lipinski definition) is 2. The van der Waals surface area contributed by atoms with Crippen LogP contribution < -0.4 is 11.1 Å². The van der Waals surface area contributed by atoms with Gasteiger partial charge in [-0.25, -0.2) is 0 Å². The number of benzene rings is 2. The van der Waals surface area contributed by atoms with Crippen LogP contribution in [0.1, 0.15) is 31.0 Å². The predicted octanol–water partition coefficient (Wildman–Crippen LogP) is 3.98. The van der Waals surface area contributed by atoms with Crippen LogP contribution in [0.3, 0.4) is 0 Å². The second-order valence-corrected chi connectivity index (χ2v) is 6.20. The summed E-state index contributed by atoms with van der Waals surface area (Å²) < 4.78 is 0. The third kappa shape index (κ3) is 4.50. The number of anilines is 1. The van der Waals surface area contributed by atoms with Crippen LogP contribution in [0.4, 0.5) is 5.69 Å². The Morgan fingerprint density at radius 3 is 2.23 bits per heavy atom. The van der Waals surface area contributed by atoms with E-state index in [1.807, 2.05) is 48.5 Å². The van der Waals surface area contributed by atoms with Crippen molar-refractivity contribution in [1.29, 1.82) is 0 Å². The molecule has 4 heteroatoms. The number of halogens is 1. The van der Waals surface area contributed by atoms with Crippen LogP contribution >= 0.6 is 11.6 Å². The van der Waals surface area contributed by atoms with Gasteiger partial charge in [0.2, 0.25) is 5.91 Å². The molecule has 2 aromatic carbocycles. The standard InChI is InChI=1S/C18H21ClN2O/c1-12(2)18(14-5-7-15(19)8-6-14)21-17(22)11-13-3-9-16(20)10-4-13/h3-10,12,18H,11,20H2,1-2H3,(H,21,22). The molecule has 1 unspecified atom stereocenters. The van der Waals surface area contributed by atoms with Crippen LogP contribution in [0.2, 0.25) is 5.02 Å². The van der Waals surface area contributed by atoms with Gasteiger partial charge in [-0.3, -0.25) is 4.79 Å². The van der Waals surface area contributed by atoms with Crippen molar-refractivity contribution in [3.8, 4) is 0 Å². The van der Waals surface area contributed by atoms with Crippen LogP contribution in [0.15, 0.2) is 48.5 Å². The Bertz CT molecular complexity index is 621. The summed E-state index contributed by atoms with van der Waals surface area (Å²) in [4.78, 5) is 12.3. The van der Waals surface area contributed by atoms with Gasteiger partial charge in [-0.1, -0.05) is 49.7 Å². The minimum absolute atomic E-state index is 0.00146. The van der Waals surface area contributed by atoms with Gasteiger partial charge in [0, 0.05) is 10.7 Å². The zero-order chi connectivity index (χ0) is 16.1. The van der Waals surface area contributed by atoms with Gasteiger partial charge < -0.3 is 11.1 Å². The topological polar surface area (TPSA) is 55.1 Å². The first-order valence-electron chi connectivity index (χ1n) is 7.35. The van der Waals surface area contributed by atoms with E-state index in [0.29, 0.717) is 17.1 Å². The van der Waals surface area contributed by atoms with Crippen molar-refractivity contribution >= 4 is 23.2 Å². The van der Waals surface area contributed by atoms with E-state index in [9.17, 15) is 4.79 Å². The first kappa shape index (κ1) is 16.4. The summed E-state index contributed by atoms with van der Waals surface area (Å²) in [5.41, 5.74) is 8.36. The van der Waals surface area contributed by atoms with Crippen molar-refractivity contribution in [2.24, 2.45) is 5.92 Å². The van der Waals surface area contributed by atoms with Gasteiger partial charge in [-0.05, 0) is 41.3 Å². The summed E-state index contributed by atoms with van der Waals surface area (Å²) in [5, 5.41) is 3.80. The summed E-state index contributed by atoms with van der Waals surface area (Å²) in [6, 6.07) is 14.9. The van der Waals surface area contributed by atoms with Crippen LogP contribution in [0.25, 0.3) is 0 Å². The van der Waals surface area contributed by atoms with Crippen molar-refractivity contribution in [1.82, 2.24) is 5.32 Å². The average molecular weight is 317 g/mol. The normalized spacial score (nSPS) is 12.2. The minimum atomic E-state index is -0.0291. The van der Waals surface area contributed by atoms with Crippen LogP contribution in [-0.2, 0) is 11.2 Å². The molecule has 1 amide bonds. The largest absolute Gasteiger partial charge is 0.399 e. The maximum atomic E-state index is 12.3. The molecule has 0 fully saturated rings. The number of amides is 1. The highest BCUT2D eigenvalue weighted by molar-refractivity contribution is 6.30. The van der Waals surface area contributed by atoms with E-state index in [2.05, 4.69) is 19.2 Å². The van der Waals surface area contributed by atoms with Crippen LogP contribution in [0, 0.1) is 5.92 Å². The van der Waals surface area contributed by atoms with Crippen molar-refractivity contribution in [2.75, 3.05) is 5.73 Å². The van der Waals surface area contributed by atoms with E-state index in [1.165, 1.54) is 0 Å². The molecule has 116 valence electrons. The van der Waals surface area contributed by atoms with Crippen molar-refractivity contribution < 1.29 is 4.79 Å². The van der Waals surface area contributed by atoms with E-state index in [0.717, 1.165) is 11.1 Å². The molecule has 3 nitrogen and oxygen atoms in total. The van der Waals surface area contributed by atoms with Crippen molar-refractivity contribution in [3.63, 3.8) is 0 Å². The molecule has 2 aromatic rings. The maximum Gasteiger partial charge on any atom is 0.224 e. The molecule has 0 bridgehead atoms. The summed E-state index contributed by atoms with van der Waals surface area (Å²) in [7, 11) is 0. The number of nitrogens with two attached hydrogens (primary N) is 1. The number of nitrogen functional groups attached to an aromatic ring is 1. The molecule has 1 atom stereocenters. The molecule has 0 saturated heterocycles. The molecule has 0 aromatic heterocycles. The fourth-order valence-corrected chi connectivity index (χ4v) is 2.48. The Balaban J connectivity index is 2.05. The maximum absolute atomic E-state index is 12.3. The Morgan fingerprint density at radius 1 is 1.09 bits per heavy atom. The number of carbonyl (C=O) groups is 1. The molecule has 0 aliphatic rings. The second kappa shape index (κ2) is 7.32. The number of carbonyl (C=O) groups excluding carboxylic acids is 1. The Hall–Kier alpha value is -2.00. The lowest BCUT2D eigenvalue weighted by Crippen LogP contribution is -2.32. The Morgan fingerprint density at radius 2 is 1.68 bits per heavy atom. The molecule has 0 heterocycles. The van der Waals surface area contributed by atoms with E-state index in [1.54, 1.807) is 0 Å². The SMILES string of the molecule is CC(C)C(NC(=O)Cc1ccc(N)cc1)c1ccc(Cl)cc1. The van der Waals surface area contributed by atoms with E-state index in [-0.39, 0.29) is 17.9 Å². The molecule has 0 aliphatic heterocycles. The molecule has 0 radical (unpaired) electrons. The first-order chi connectivity index (χ1) is 10.5. The van der Waals surface area contributed by atoms with Gasteiger partial charge in [0.05, 0.1) is 12.5 Å². The van der Waals surface area contributed by atoms with Crippen molar-refractivity contribution in [3.05, 3.63) is 64.7 Å². The fraction of sp³-hybridized carbons (Fsp3) is 0.278. The molecule has 0 saturated carbocycles. The number of hydrogen-bond acceptors (Lipinski definition) is 2. The predicted molar refractivity (Wildman–Crippen MR) is 91.7 cm³/mol. The highest BCUT2D eigenvalue weighted by atomic mass is 35.5. The van der Waals surface area contributed by atoms with Crippen molar-refractivity contribution in [2.45, 2.75) is 26.3 Å². The molecular formula is C18H21ClN2O. The minimum Gasteiger partial charge on any atom is -0.399 e. The zero-order valence-corrected chi connectivity index (χ0v) is 13.6. The highest BCUT2D eigenvalue weighted by Gasteiger charge is 2.18. The monoisotopic (exact) mass is 316 g/mol. The lowest BCUT2D eigenvalue weighted by molar-refractivity contribution is -0.121. The van der Waals surface area contributed by atoms with E-state index in [4.69, 9.17) is 17.3 Å². The molecular weight excluding hydrogens is 296 g/mol. The van der Waals surface area contributed by atoms with Crippen LogP contribution in [0.5, 0.6) is 0 Å². The Labute approximate surface area is 136 Å². The molecule has 22 heavy (non-hydrogen) atoms. The second-order valence-electron chi connectivity index (χ2n) is 5.76. The zero-order valence-electron chi connectivity index (χ0n) is 12.8. The van der Waals surface area contributed by atoms with Gasteiger partial charge in [-0.2, -0.15) is 0 Å². The first-order valence-corrected chi connectivity index (χ1v) is 7.72. The smallest absolute Gasteiger partial charge is 0.224 e.